The van der Waals surface area contributed by atoms with Crippen molar-refractivity contribution in [3.63, 3.8) is 0 Å². The normalized spacial score (nSPS) is 18.4. The minimum atomic E-state index is -3.89. The molecule has 2 aliphatic rings. The lowest BCUT2D eigenvalue weighted by molar-refractivity contribution is 0.595. The third-order valence-corrected chi connectivity index (χ3v) is 5.49. The maximum Gasteiger partial charge on any atom is 0.285 e. The van der Waals surface area contributed by atoms with Crippen molar-refractivity contribution in [1.82, 2.24) is 4.98 Å². The van der Waals surface area contributed by atoms with Gasteiger partial charge in [0.25, 0.3) is 10.0 Å². The molecule has 0 unspecified atom stereocenters. The molecule has 0 saturated carbocycles. The van der Waals surface area contributed by atoms with Crippen LogP contribution in [0.4, 0.5) is 15.9 Å². The molecule has 0 atom stereocenters. The second-order valence-electron chi connectivity index (χ2n) is 5.72. The van der Waals surface area contributed by atoms with Gasteiger partial charge in [0.05, 0.1) is 11.3 Å². The Morgan fingerprint density at radius 2 is 1.92 bits per heavy atom. The van der Waals surface area contributed by atoms with Gasteiger partial charge in [0.1, 0.15) is 10.7 Å². The molecule has 8 heteroatoms. The van der Waals surface area contributed by atoms with Crippen LogP contribution in [0.2, 0.25) is 0 Å². The molecule has 4 rings (SSSR count). The minimum Gasteiger partial charge on any atom is -0.369 e. The van der Waals surface area contributed by atoms with E-state index in [1.807, 2.05) is 12.1 Å². The van der Waals surface area contributed by atoms with Crippen molar-refractivity contribution in [2.45, 2.75) is 17.7 Å². The van der Waals surface area contributed by atoms with Gasteiger partial charge in [0, 0.05) is 19.3 Å². The molecular weight excluding hydrogens is 331 g/mol. The summed E-state index contributed by atoms with van der Waals surface area (Å²) in [6, 6.07) is 7.66. The Labute approximate surface area is 139 Å². The number of amidine groups is 1. The summed E-state index contributed by atoms with van der Waals surface area (Å²) < 4.78 is 42.1. The number of hydrogen-bond acceptors (Lipinski definition) is 5. The Morgan fingerprint density at radius 1 is 1.12 bits per heavy atom. The predicted molar refractivity (Wildman–Crippen MR) is 89.4 cm³/mol. The molecule has 1 fully saturated rings. The zero-order valence-electron chi connectivity index (χ0n) is 12.7. The first-order valence-electron chi connectivity index (χ1n) is 7.67. The van der Waals surface area contributed by atoms with Crippen molar-refractivity contribution in [3.8, 4) is 0 Å². The maximum atomic E-state index is 14.2. The zero-order valence-corrected chi connectivity index (χ0v) is 13.6. The number of sulfonamides is 1. The van der Waals surface area contributed by atoms with Gasteiger partial charge in [-0.3, -0.25) is 0 Å². The number of halogens is 1. The van der Waals surface area contributed by atoms with E-state index in [9.17, 15) is 12.8 Å². The van der Waals surface area contributed by atoms with Crippen LogP contribution in [0.25, 0.3) is 0 Å². The number of nitrogens with one attached hydrogen (secondary N) is 1. The number of nitrogens with zero attached hydrogens (tertiary/aromatic N) is 3. The summed E-state index contributed by atoms with van der Waals surface area (Å²) in [4.78, 5) is 6.33. The molecule has 2 aromatic rings. The number of rotatable bonds is 2. The van der Waals surface area contributed by atoms with Gasteiger partial charge in [-0.1, -0.05) is 6.07 Å². The highest BCUT2D eigenvalue weighted by Crippen LogP contribution is 2.31. The van der Waals surface area contributed by atoms with Crippen LogP contribution in [0.1, 0.15) is 18.4 Å². The Balaban J connectivity index is 1.76. The third kappa shape index (κ3) is 2.43. The first-order chi connectivity index (χ1) is 11.6. The van der Waals surface area contributed by atoms with Gasteiger partial charge in [-0.15, -0.1) is 4.40 Å². The monoisotopic (exact) mass is 346 g/mol. The molecule has 0 radical (unpaired) electrons. The first-order valence-corrected chi connectivity index (χ1v) is 9.11. The van der Waals surface area contributed by atoms with Crippen LogP contribution < -0.4 is 10.2 Å². The Hall–Kier alpha value is -2.48. The van der Waals surface area contributed by atoms with Gasteiger partial charge >= 0.3 is 0 Å². The summed E-state index contributed by atoms with van der Waals surface area (Å²) in [5, 5.41) is 2.92. The number of hydrogen-bond donors (Lipinski definition) is 1. The molecule has 1 N–H and O–H groups in total. The van der Waals surface area contributed by atoms with Crippen molar-refractivity contribution in [2.75, 3.05) is 23.3 Å². The van der Waals surface area contributed by atoms with Gasteiger partial charge in [-0.25, -0.2) is 9.37 Å². The van der Waals surface area contributed by atoms with Crippen molar-refractivity contribution in [2.24, 2.45) is 4.40 Å². The molecule has 1 aromatic heterocycles. The molecule has 124 valence electrons. The fraction of sp³-hybridized carbons (Fsp3) is 0.250. The first kappa shape index (κ1) is 15.1. The number of pyridine rings is 1. The third-order valence-electron chi connectivity index (χ3n) is 4.17. The number of aromatic nitrogens is 1. The zero-order chi connectivity index (χ0) is 16.7. The lowest BCUT2D eigenvalue weighted by Crippen LogP contribution is -2.22. The van der Waals surface area contributed by atoms with Crippen LogP contribution in [0, 0.1) is 5.82 Å². The number of benzene rings is 1. The lowest BCUT2D eigenvalue weighted by atomic mass is 10.2. The van der Waals surface area contributed by atoms with Crippen LogP contribution in [-0.4, -0.2) is 32.3 Å². The summed E-state index contributed by atoms with van der Waals surface area (Å²) in [5.74, 6) is -0.176. The van der Waals surface area contributed by atoms with E-state index < -0.39 is 15.8 Å². The van der Waals surface area contributed by atoms with Gasteiger partial charge in [0.2, 0.25) is 0 Å². The smallest absolute Gasteiger partial charge is 0.285 e. The Bertz CT molecular complexity index is 937. The second kappa shape index (κ2) is 5.55. The van der Waals surface area contributed by atoms with Crippen molar-refractivity contribution >= 4 is 27.4 Å². The Morgan fingerprint density at radius 3 is 2.71 bits per heavy atom. The van der Waals surface area contributed by atoms with Gasteiger partial charge < -0.3 is 10.2 Å². The number of fused-ring (bicyclic) bond motifs is 1. The second-order valence-corrected chi connectivity index (χ2v) is 7.29. The molecule has 0 amide bonds. The summed E-state index contributed by atoms with van der Waals surface area (Å²) >= 11 is 0. The van der Waals surface area contributed by atoms with E-state index in [1.54, 1.807) is 6.20 Å². The van der Waals surface area contributed by atoms with Gasteiger partial charge in [-0.05, 0) is 37.1 Å². The van der Waals surface area contributed by atoms with E-state index in [4.69, 9.17) is 0 Å². The molecule has 0 aliphatic carbocycles. The standard InChI is InChI=1S/C16H15FN4O2S/c17-11-5-3-7-13-14(11)16(20-24(13,22)23)19-15-12(6-4-8-18-15)21-9-1-2-10-21/h3-8H,1-2,9-10H2,(H,18,19,20). The number of anilines is 2. The maximum absolute atomic E-state index is 14.2. The molecule has 24 heavy (non-hydrogen) atoms. The lowest BCUT2D eigenvalue weighted by Gasteiger charge is -2.20. The van der Waals surface area contributed by atoms with Crippen molar-refractivity contribution in [1.29, 1.82) is 0 Å². The van der Waals surface area contributed by atoms with Gasteiger partial charge in [-0.2, -0.15) is 8.42 Å². The van der Waals surface area contributed by atoms with Gasteiger partial charge in [0.15, 0.2) is 11.7 Å². The quantitative estimate of drug-likeness (QED) is 0.904. The molecule has 6 nitrogen and oxygen atoms in total. The highest BCUT2D eigenvalue weighted by Gasteiger charge is 2.32. The van der Waals surface area contributed by atoms with E-state index >= 15 is 0 Å². The van der Waals surface area contributed by atoms with E-state index in [-0.39, 0.29) is 16.3 Å². The van der Waals surface area contributed by atoms with E-state index in [2.05, 4.69) is 19.6 Å². The molecule has 3 heterocycles. The topological polar surface area (TPSA) is 74.7 Å². The predicted octanol–water partition coefficient (Wildman–Crippen LogP) is 2.38. The van der Waals surface area contributed by atoms with E-state index in [1.165, 1.54) is 18.2 Å². The van der Waals surface area contributed by atoms with Crippen LogP contribution >= 0.6 is 0 Å². The highest BCUT2D eigenvalue weighted by atomic mass is 32.2. The van der Waals surface area contributed by atoms with Crippen LogP contribution in [0.5, 0.6) is 0 Å². The summed E-state index contributed by atoms with van der Waals surface area (Å²) in [7, 11) is -3.89. The van der Waals surface area contributed by atoms with Crippen LogP contribution in [0.15, 0.2) is 45.8 Å². The van der Waals surface area contributed by atoms with E-state index in [0.29, 0.717) is 5.82 Å². The summed E-state index contributed by atoms with van der Waals surface area (Å²) in [6.45, 7) is 1.83. The van der Waals surface area contributed by atoms with E-state index in [0.717, 1.165) is 31.6 Å². The van der Waals surface area contributed by atoms with Crippen molar-refractivity contribution in [3.05, 3.63) is 47.9 Å². The largest absolute Gasteiger partial charge is 0.369 e. The molecule has 1 aromatic carbocycles. The fourth-order valence-corrected chi connectivity index (χ4v) is 4.25. The van der Waals surface area contributed by atoms with Crippen LogP contribution in [0.3, 0.4) is 0 Å². The molecule has 1 saturated heterocycles. The average molecular weight is 346 g/mol. The molecule has 0 bridgehead atoms. The fourth-order valence-electron chi connectivity index (χ4n) is 3.07. The molecule has 2 aliphatic heterocycles. The average Bonchev–Trinajstić information content (AvgIpc) is 3.16. The minimum absolute atomic E-state index is 0.0257. The summed E-state index contributed by atoms with van der Waals surface area (Å²) in [6.07, 6.45) is 3.80. The SMILES string of the molecule is O=S1(=O)N=C(Nc2ncccc2N2CCCC2)c2c(F)cccc21. The van der Waals surface area contributed by atoms with Crippen molar-refractivity contribution < 1.29 is 12.8 Å². The highest BCUT2D eigenvalue weighted by molar-refractivity contribution is 7.90. The summed E-state index contributed by atoms with van der Waals surface area (Å²) in [5.41, 5.74) is 0.829. The Kier molecular flexibility index (Phi) is 3.49. The molecular formula is C16H15FN4O2S. The molecule has 0 spiro atoms. The van der Waals surface area contributed by atoms with Crippen LogP contribution in [-0.2, 0) is 10.0 Å².